The van der Waals surface area contributed by atoms with Gasteiger partial charge in [-0.2, -0.15) is 0 Å². The summed E-state index contributed by atoms with van der Waals surface area (Å²) in [6, 6.07) is 13.3. The molecule has 0 bridgehead atoms. The summed E-state index contributed by atoms with van der Waals surface area (Å²) in [5, 5.41) is 0.847. The van der Waals surface area contributed by atoms with E-state index < -0.39 is 0 Å². The molecule has 0 amide bonds. The van der Waals surface area contributed by atoms with Gasteiger partial charge in [0.1, 0.15) is 17.9 Å². The number of aryl methyl sites for hydroxylation is 2. The van der Waals surface area contributed by atoms with E-state index in [1.807, 2.05) is 50.2 Å². The Morgan fingerprint density at radius 2 is 1.95 bits per heavy atom. The number of hydrogen-bond donors (Lipinski definition) is 0. The number of rotatable bonds is 3. The summed E-state index contributed by atoms with van der Waals surface area (Å²) in [6.07, 6.45) is 0. The van der Waals surface area contributed by atoms with Gasteiger partial charge >= 0.3 is 5.63 Å². The minimum atomic E-state index is -0.339. The van der Waals surface area contributed by atoms with Crippen molar-refractivity contribution in [3.63, 3.8) is 0 Å². The van der Waals surface area contributed by atoms with E-state index in [1.165, 1.54) is 6.07 Å². The molecule has 0 spiro atoms. The molecule has 0 fully saturated rings. The van der Waals surface area contributed by atoms with Crippen molar-refractivity contribution in [2.75, 3.05) is 0 Å². The summed E-state index contributed by atoms with van der Waals surface area (Å²) in [4.78, 5) is 11.5. The molecule has 0 aliphatic rings. The van der Waals surface area contributed by atoms with Crippen molar-refractivity contribution in [1.82, 2.24) is 0 Å². The highest BCUT2D eigenvalue weighted by molar-refractivity contribution is 9.10. The van der Waals surface area contributed by atoms with Gasteiger partial charge in [0.2, 0.25) is 0 Å². The molecule has 3 nitrogen and oxygen atoms in total. The standard InChI is InChI=1S/C18H15BrO3/c1-11-6-15(21-10-13-4-3-5-14(19)9-13)18-12(2)8-17(20)22-16(18)7-11/h3-9H,10H2,1-2H3. The molecular weight excluding hydrogens is 344 g/mol. The number of fused-ring (bicyclic) bond motifs is 1. The lowest BCUT2D eigenvalue weighted by Gasteiger charge is -2.12. The average molecular weight is 359 g/mol. The van der Waals surface area contributed by atoms with Crippen molar-refractivity contribution in [2.45, 2.75) is 20.5 Å². The number of halogens is 1. The maximum atomic E-state index is 11.5. The zero-order chi connectivity index (χ0) is 15.7. The van der Waals surface area contributed by atoms with Crippen LogP contribution < -0.4 is 10.4 Å². The fraction of sp³-hybridized carbons (Fsp3) is 0.167. The molecule has 0 radical (unpaired) electrons. The predicted octanol–water partition coefficient (Wildman–Crippen LogP) is 4.75. The number of hydrogen-bond acceptors (Lipinski definition) is 3. The Morgan fingerprint density at radius 1 is 1.14 bits per heavy atom. The molecule has 3 aromatic rings. The quantitative estimate of drug-likeness (QED) is 0.634. The van der Waals surface area contributed by atoms with Crippen LogP contribution in [0.5, 0.6) is 5.75 Å². The fourth-order valence-electron chi connectivity index (χ4n) is 2.48. The molecule has 3 rings (SSSR count). The third-order valence-corrected chi connectivity index (χ3v) is 3.93. The molecule has 22 heavy (non-hydrogen) atoms. The van der Waals surface area contributed by atoms with Crippen LogP contribution in [0.15, 0.2) is 56.1 Å². The summed E-state index contributed by atoms with van der Waals surface area (Å²) in [5.41, 5.74) is 3.14. The van der Waals surface area contributed by atoms with Crippen molar-refractivity contribution in [3.8, 4) is 5.75 Å². The van der Waals surface area contributed by atoms with Crippen molar-refractivity contribution in [3.05, 3.63) is 74.0 Å². The Balaban J connectivity index is 2.01. The van der Waals surface area contributed by atoms with Gasteiger partial charge in [0.25, 0.3) is 0 Å². The van der Waals surface area contributed by atoms with E-state index >= 15 is 0 Å². The zero-order valence-corrected chi connectivity index (χ0v) is 13.9. The van der Waals surface area contributed by atoms with Gasteiger partial charge in [-0.1, -0.05) is 28.1 Å². The minimum absolute atomic E-state index is 0.339. The Labute approximate surface area is 136 Å². The van der Waals surface area contributed by atoms with Crippen molar-refractivity contribution in [1.29, 1.82) is 0 Å². The first-order chi connectivity index (χ1) is 10.5. The van der Waals surface area contributed by atoms with E-state index in [-0.39, 0.29) is 5.63 Å². The van der Waals surface area contributed by atoms with Crippen LogP contribution in [0.2, 0.25) is 0 Å². The fourth-order valence-corrected chi connectivity index (χ4v) is 2.93. The Kier molecular flexibility index (Phi) is 4.03. The largest absolute Gasteiger partial charge is 0.488 e. The Morgan fingerprint density at radius 3 is 2.73 bits per heavy atom. The Hall–Kier alpha value is -2.07. The van der Waals surface area contributed by atoms with Gasteiger partial charge < -0.3 is 9.15 Å². The SMILES string of the molecule is Cc1cc(OCc2cccc(Br)c2)c2c(C)cc(=O)oc2c1. The molecule has 112 valence electrons. The maximum absolute atomic E-state index is 11.5. The first-order valence-corrected chi connectivity index (χ1v) is 7.74. The lowest BCUT2D eigenvalue weighted by atomic mass is 10.1. The molecule has 0 aliphatic carbocycles. The summed E-state index contributed by atoms with van der Waals surface area (Å²) >= 11 is 3.45. The van der Waals surface area contributed by atoms with E-state index in [9.17, 15) is 4.79 Å². The van der Waals surface area contributed by atoms with Gasteiger partial charge in [-0.05, 0) is 54.8 Å². The highest BCUT2D eigenvalue weighted by Gasteiger charge is 2.10. The van der Waals surface area contributed by atoms with Crippen molar-refractivity contribution < 1.29 is 9.15 Å². The normalized spacial score (nSPS) is 10.9. The molecule has 0 unspecified atom stereocenters. The van der Waals surface area contributed by atoms with Crippen molar-refractivity contribution >= 4 is 26.9 Å². The van der Waals surface area contributed by atoms with E-state index in [1.54, 1.807) is 0 Å². The lowest BCUT2D eigenvalue weighted by Crippen LogP contribution is -2.01. The zero-order valence-electron chi connectivity index (χ0n) is 12.4. The summed E-state index contributed by atoms with van der Waals surface area (Å²) in [6.45, 7) is 4.30. The van der Waals surface area contributed by atoms with Crippen LogP contribution in [0.3, 0.4) is 0 Å². The molecule has 0 saturated carbocycles. The third kappa shape index (κ3) is 3.07. The van der Waals surface area contributed by atoms with E-state index in [0.717, 1.165) is 32.3 Å². The first-order valence-electron chi connectivity index (χ1n) is 6.95. The van der Waals surface area contributed by atoms with Crippen LogP contribution >= 0.6 is 15.9 Å². The molecule has 0 aliphatic heterocycles. The van der Waals surface area contributed by atoms with Gasteiger partial charge in [0.05, 0.1) is 5.39 Å². The lowest BCUT2D eigenvalue weighted by molar-refractivity contribution is 0.309. The number of benzene rings is 2. The summed E-state index contributed by atoms with van der Waals surface area (Å²) in [5.74, 6) is 0.733. The first kappa shape index (κ1) is 14.9. The van der Waals surface area contributed by atoms with Crippen LogP contribution in [0.25, 0.3) is 11.0 Å². The maximum Gasteiger partial charge on any atom is 0.336 e. The second-order valence-corrected chi connectivity index (χ2v) is 6.22. The van der Waals surface area contributed by atoms with Crippen LogP contribution in [0.1, 0.15) is 16.7 Å². The molecule has 4 heteroatoms. The van der Waals surface area contributed by atoms with Gasteiger partial charge in [-0.25, -0.2) is 4.79 Å². The van der Waals surface area contributed by atoms with Crippen LogP contribution in [-0.2, 0) is 6.61 Å². The summed E-state index contributed by atoms with van der Waals surface area (Å²) < 4.78 is 12.3. The highest BCUT2D eigenvalue weighted by atomic mass is 79.9. The van der Waals surface area contributed by atoms with Gasteiger partial charge in [0.15, 0.2) is 0 Å². The van der Waals surface area contributed by atoms with Crippen LogP contribution in [0.4, 0.5) is 0 Å². The van der Waals surface area contributed by atoms with Crippen LogP contribution in [-0.4, -0.2) is 0 Å². The average Bonchev–Trinajstić information content (AvgIpc) is 2.43. The van der Waals surface area contributed by atoms with Gasteiger partial charge in [-0.3, -0.25) is 0 Å². The third-order valence-electron chi connectivity index (χ3n) is 3.43. The second kappa shape index (κ2) is 5.97. The highest BCUT2D eigenvalue weighted by Crippen LogP contribution is 2.30. The molecular formula is C18H15BrO3. The molecule has 1 heterocycles. The summed E-state index contributed by atoms with van der Waals surface area (Å²) in [7, 11) is 0. The van der Waals surface area contributed by atoms with E-state index in [0.29, 0.717) is 12.2 Å². The molecule has 1 aromatic heterocycles. The molecule has 0 saturated heterocycles. The monoisotopic (exact) mass is 358 g/mol. The van der Waals surface area contributed by atoms with E-state index in [2.05, 4.69) is 15.9 Å². The second-order valence-electron chi connectivity index (χ2n) is 5.30. The van der Waals surface area contributed by atoms with Gasteiger partial charge in [-0.15, -0.1) is 0 Å². The predicted molar refractivity (Wildman–Crippen MR) is 90.4 cm³/mol. The molecule has 0 N–H and O–H groups in total. The number of ether oxygens (including phenoxy) is 1. The Bertz CT molecular complexity index is 896. The topological polar surface area (TPSA) is 39.4 Å². The van der Waals surface area contributed by atoms with Crippen molar-refractivity contribution in [2.24, 2.45) is 0 Å². The molecule has 2 aromatic carbocycles. The smallest absolute Gasteiger partial charge is 0.336 e. The molecule has 0 atom stereocenters. The minimum Gasteiger partial charge on any atom is -0.488 e. The van der Waals surface area contributed by atoms with Crippen LogP contribution in [0, 0.1) is 13.8 Å². The van der Waals surface area contributed by atoms with Gasteiger partial charge in [0, 0.05) is 10.5 Å². The van der Waals surface area contributed by atoms with E-state index in [4.69, 9.17) is 9.15 Å².